The molecule has 0 aromatic carbocycles. The standard InChI is InChI=1S/C12H13NO2S/c1-2-9-5-6-11(15-9)12(14)13-8-10-4-3-7-16-10/h3-7H,2,8H2,1H3,(H,13,14). The second kappa shape index (κ2) is 4.99. The molecular formula is C12H13NO2S. The third-order valence-electron chi connectivity index (χ3n) is 2.24. The maximum atomic E-state index is 11.7. The van der Waals surface area contributed by atoms with E-state index in [-0.39, 0.29) is 5.91 Å². The Morgan fingerprint density at radius 1 is 1.44 bits per heavy atom. The van der Waals surface area contributed by atoms with E-state index in [2.05, 4.69) is 5.32 Å². The van der Waals surface area contributed by atoms with E-state index in [1.807, 2.05) is 30.5 Å². The Kier molecular flexibility index (Phi) is 3.41. The van der Waals surface area contributed by atoms with Crippen LogP contribution in [-0.2, 0) is 13.0 Å². The van der Waals surface area contributed by atoms with Crippen molar-refractivity contribution in [1.82, 2.24) is 5.32 Å². The van der Waals surface area contributed by atoms with Gasteiger partial charge in [-0.2, -0.15) is 0 Å². The van der Waals surface area contributed by atoms with Crippen LogP contribution in [0.5, 0.6) is 0 Å². The lowest BCUT2D eigenvalue weighted by Crippen LogP contribution is -2.21. The Hall–Kier alpha value is -1.55. The first-order valence-electron chi connectivity index (χ1n) is 5.19. The van der Waals surface area contributed by atoms with Gasteiger partial charge >= 0.3 is 0 Å². The number of hydrogen-bond acceptors (Lipinski definition) is 3. The van der Waals surface area contributed by atoms with E-state index in [1.165, 1.54) is 0 Å². The molecule has 0 fully saturated rings. The van der Waals surface area contributed by atoms with Crippen LogP contribution in [-0.4, -0.2) is 5.91 Å². The van der Waals surface area contributed by atoms with Gasteiger partial charge in [-0.05, 0) is 23.6 Å². The van der Waals surface area contributed by atoms with Crippen molar-refractivity contribution in [2.45, 2.75) is 19.9 Å². The predicted octanol–water partition coefficient (Wildman–Crippen LogP) is 2.83. The topological polar surface area (TPSA) is 42.2 Å². The van der Waals surface area contributed by atoms with Crippen LogP contribution in [0.4, 0.5) is 0 Å². The van der Waals surface area contributed by atoms with Gasteiger partial charge in [0.1, 0.15) is 5.76 Å². The molecule has 2 rings (SSSR count). The normalized spacial score (nSPS) is 10.3. The molecule has 1 amide bonds. The SMILES string of the molecule is CCc1ccc(C(=O)NCc2cccs2)o1. The van der Waals surface area contributed by atoms with Crippen LogP contribution in [0.25, 0.3) is 0 Å². The molecule has 0 saturated carbocycles. The van der Waals surface area contributed by atoms with Crippen molar-refractivity contribution in [3.05, 3.63) is 46.0 Å². The molecule has 0 atom stereocenters. The van der Waals surface area contributed by atoms with Crippen molar-refractivity contribution in [2.75, 3.05) is 0 Å². The molecular weight excluding hydrogens is 222 g/mol. The van der Waals surface area contributed by atoms with E-state index >= 15 is 0 Å². The molecule has 2 aromatic rings. The summed E-state index contributed by atoms with van der Waals surface area (Å²) in [6, 6.07) is 7.50. The Bertz CT molecular complexity index is 459. The molecule has 0 saturated heterocycles. The Balaban J connectivity index is 1.93. The van der Waals surface area contributed by atoms with Gasteiger partial charge in [0.05, 0.1) is 6.54 Å². The number of furan rings is 1. The summed E-state index contributed by atoms with van der Waals surface area (Å²) in [4.78, 5) is 12.8. The maximum Gasteiger partial charge on any atom is 0.287 e. The third-order valence-corrected chi connectivity index (χ3v) is 3.11. The second-order valence-corrected chi connectivity index (χ2v) is 4.41. The van der Waals surface area contributed by atoms with Crippen molar-refractivity contribution in [3.8, 4) is 0 Å². The molecule has 0 aliphatic heterocycles. The van der Waals surface area contributed by atoms with Crippen LogP contribution >= 0.6 is 11.3 Å². The molecule has 0 spiro atoms. The number of thiophene rings is 1. The number of carbonyl (C=O) groups excluding carboxylic acids is 1. The number of carbonyl (C=O) groups is 1. The quantitative estimate of drug-likeness (QED) is 0.885. The lowest BCUT2D eigenvalue weighted by Gasteiger charge is -2.00. The highest BCUT2D eigenvalue weighted by Gasteiger charge is 2.09. The molecule has 16 heavy (non-hydrogen) atoms. The number of amides is 1. The fraction of sp³-hybridized carbons (Fsp3) is 0.250. The van der Waals surface area contributed by atoms with Crippen molar-refractivity contribution in [2.24, 2.45) is 0 Å². The van der Waals surface area contributed by atoms with Crippen LogP contribution in [0.3, 0.4) is 0 Å². The van der Waals surface area contributed by atoms with Crippen molar-refractivity contribution in [3.63, 3.8) is 0 Å². The number of rotatable bonds is 4. The first-order valence-corrected chi connectivity index (χ1v) is 6.07. The van der Waals surface area contributed by atoms with Crippen LogP contribution < -0.4 is 5.32 Å². The van der Waals surface area contributed by atoms with Crippen molar-refractivity contribution in [1.29, 1.82) is 0 Å². The first kappa shape index (κ1) is 11.0. The van der Waals surface area contributed by atoms with Gasteiger partial charge in [-0.1, -0.05) is 13.0 Å². The van der Waals surface area contributed by atoms with Gasteiger partial charge in [-0.15, -0.1) is 11.3 Å². The summed E-state index contributed by atoms with van der Waals surface area (Å²) in [7, 11) is 0. The smallest absolute Gasteiger partial charge is 0.287 e. The number of aryl methyl sites for hydroxylation is 1. The zero-order valence-corrected chi connectivity index (χ0v) is 9.84. The Morgan fingerprint density at radius 2 is 2.31 bits per heavy atom. The zero-order valence-electron chi connectivity index (χ0n) is 9.03. The molecule has 0 radical (unpaired) electrons. The van der Waals surface area contributed by atoms with Crippen molar-refractivity contribution >= 4 is 17.2 Å². The first-order chi connectivity index (χ1) is 7.79. The minimum absolute atomic E-state index is 0.159. The van der Waals surface area contributed by atoms with Crippen molar-refractivity contribution < 1.29 is 9.21 Å². The Labute approximate surface area is 98.1 Å². The minimum Gasteiger partial charge on any atom is -0.456 e. The third kappa shape index (κ3) is 2.52. The van der Waals surface area contributed by atoms with Gasteiger partial charge in [0.2, 0.25) is 0 Å². The second-order valence-electron chi connectivity index (χ2n) is 3.38. The molecule has 0 aliphatic carbocycles. The van der Waals surface area contributed by atoms with Gasteiger partial charge in [-0.25, -0.2) is 0 Å². The highest BCUT2D eigenvalue weighted by Crippen LogP contribution is 2.10. The van der Waals surface area contributed by atoms with E-state index in [0.29, 0.717) is 12.3 Å². The summed E-state index contributed by atoms with van der Waals surface area (Å²) in [6.07, 6.45) is 0.804. The fourth-order valence-corrected chi connectivity index (χ4v) is 2.00. The number of hydrogen-bond donors (Lipinski definition) is 1. The van der Waals surface area contributed by atoms with E-state index in [0.717, 1.165) is 17.1 Å². The lowest BCUT2D eigenvalue weighted by molar-refractivity contribution is 0.0922. The zero-order chi connectivity index (χ0) is 11.4. The summed E-state index contributed by atoms with van der Waals surface area (Å²) in [5, 5.41) is 4.81. The van der Waals surface area contributed by atoms with E-state index < -0.39 is 0 Å². The van der Waals surface area contributed by atoms with Gasteiger partial charge in [-0.3, -0.25) is 4.79 Å². The predicted molar refractivity (Wildman–Crippen MR) is 63.6 cm³/mol. The largest absolute Gasteiger partial charge is 0.456 e. The highest BCUT2D eigenvalue weighted by molar-refractivity contribution is 7.09. The molecule has 84 valence electrons. The summed E-state index contributed by atoms with van der Waals surface area (Å²) in [5.41, 5.74) is 0. The highest BCUT2D eigenvalue weighted by atomic mass is 32.1. The fourth-order valence-electron chi connectivity index (χ4n) is 1.36. The average Bonchev–Trinajstić information content (AvgIpc) is 2.96. The van der Waals surface area contributed by atoms with Gasteiger partial charge in [0, 0.05) is 11.3 Å². The van der Waals surface area contributed by atoms with Gasteiger partial charge in [0.15, 0.2) is 5.76 Å². The van der Waals surface area contributed by atoms with Gasteiger partial charge in [0.25, 0.3) is 5.91 Å². The molecule has 2 heterocycles. The van der Waals surface area contributed by atoms with Crippen LogP contribution in [0.1, 0.15) is 28.1 Å². The molecule has 3 nitrogen and oxygen atoms in total. The average molecular weight is 235 g/mol. The Morgan fingerprint density at radius 3 is 2.94 bits per heavy atom. The summed E-state index contributed by atoms with van der Waals surface area (Å²) in [6.45, 7) is 2.55. The molecule has 1 N–H and O–H groups in total. The van der Waals surface area contributed by atoms with E-state index in [4.69, 9.17) is 4.42 Å². The summed E-state index contributed by atoms with van der Waals surface area (Å²) >= 11 is 1.62. The minimum atomic E-state index is -0.159. The maximum absolute atomic E-state index is 11.7. The van der Waals surface area contributed by atoms with E-state index in [1.54, 1.807) is 17.4 Å². The summed E-state index contributed by atoms with van der Waals surface area (Å²) in [5.74, 6) is 1.06. The monoisotopic (exact) mass is 235 g/mol. The molecule has 0 bridgehead atoms. The molecule has 4 heteroatoms. The molecule has 0 aliphatic rings. The molecule has 0 unspecified atom stereocenters. The van der Waals surface area contributed by atoms with E-state index in [9.17, 15) is 4.79 Å². The van der Waals surface area contributed by atoms with Crippen LogP contribution in [0.2, 0.25) is 0 Å². The van der Waals surface area contributed by atoms with Crippen LogP contribution in [0, 0.1) is 0 Å². The van der Waals surface area contributed by atoms with Gasteiger partial charge < -0.3 is 9.73 Å². The molecule has 2 aromatic heterocycles. The summed E-state index contributed by atoms with van der Waals surface area (Å²) < 4.78 is 5.36. The number of nitrogens with one attached hydrogen (secondary N) is 1. The van der Waals surface area contributed by atoms with Crippen LogP contribution in [0.15, 0.2) is 34.1 Å². The lowest BCUT2D eigenvalue weighted by atomic mass is 10.3.